The summed E-state index contributed by atoms with van der Waals surface area (Å²) in [6.45, 7) is -0.277. The van der Waals surface area contributed by atoms with E-state index in [0.29, 0.717) is 10.9 Å². The molecule has 0 aliphatic carbocycles. The molecule has 2 aromatic rings. The number of hydrogen-bond acceptors (Lipinski definition) is 3. The Morgan fingerprint density at radius 1 is 1.25 bits per heavy atom. The first-order valence-corrected chi connectivity index (χ1v) is 5.80. The lowest BCUT2D eigenvalue weighted by Crippen LogP contribution is -2.15. The van der Waals surface area contributed by atoms with Gasteiger partial charge in [-0.15, -0.1) is 0 Å². The van der Waals surface area contributed by atoms with Gasteiger partial charge in [-0.25, -0.2) is 9.78 Å². The Morgan fingerprint density at radius 2 is 2.00 bits per heavy atom. The largest absolute Gasteiger partial charge is 0.478 e. The number of carboxylic acids is 1. The minimum absolute atomic E-state index is 0.108. The summed E-state index contributed by atoms with van der Waals surface area (Å²) in [7, 11) is 0. The Morgan fingerprint density at radius 3 is 2.65 bits per heavy atom. The van der Waals surface area contributed by atoms with Crippen LogP contribution in [0.1, 0.15) is 16.8 Å². The number of rotatable bonds is 4. The predicted octanol–water partition coefficient (Wildman–Crippen LogP) is 3.30. The maximum absolute atomic E-state index is 12.0. The number of hydrogen-bond donors (Lipinski definition) is 2. The van der Waals surface area contributed by atoms with E-state index < -0.39 is 18.6 Å². The zero-order valence-electron chi connectivity index (χ0n) is 10.2. The third-order valence-corrected chi connectivity index (χ3v) is 2.68. The van der Waals surface area contributed by atoms with E-state index in [4.69, 9.17) is 5.11 Å². The number of benzene rings is 1. The van der Waals surface area contributed by atoms with Crippen LogP contribution in [0.25, 0.3) is 10.9 Å². The number of pyridine rings is 1. The van der Waals surface area contributed by atoms with E-state index in [2.05, 4.69) is 10.3 Å². The van der Waals surface area contributed by atoms with Gasteiger partial charge in [0, 0.05) is 11.9 Å². The van der Waals surface area contributed by atoms with Crippen molar-refractivity contribution in [1.29, 1.82) is 0 Å². The molecule has 2 N–H and O–H groups in total. The highest BCUT2D eigenvalue weighted by molar-refractivity contribution is 6.02. The molecule has 0 atom stereocenters. The Kier molecular flexibility index (Phi) is 3.78. The number of aromatic nitrogens is 1. The predicted molar refractivity (Wildman–Crippen MR) is 67.9 cm³/mol. The number of carboxylic acid groups (broad SMARTS) is 1. The van der Waals surface area contributed by atoms with Gasteiger partial charge in [-0.2, -0.15) is 13.2 Å². The van der Waals surface area contributed by atoms with Gasteiger partial charge in [0.1, 0.15) is 5.82 Å². The number of aromatic carboxylic acids is 1. The molecule has 7 heteroatoms. The zero-order chi connectivity index (χ0) is 14.8. The summed E-state index contributed by atoms with van der Waals surface area (Å²) in [4.78, 5) is 15.1. The third kappa shape index (κ3) is 3.37. The summed E-state index contributed by atoms with van der Waals surface area (Å²) < 4.78 is 36.1. The fraction of sp³-hybridized carbons (Fsp3) is 0.231. The van der Waals surface area contributed by atoms with Crippen LogP contribution in [0, 0.1) is 0 Å². The van der Waals surface area contributed by atoms with Crippen LogP contribution in [-0.4, -0.2) is 28.8 Å². The van der Waals surface area contributed by atoms with Crippen molar-refractivity contribution in [2.24, 2.45) is 0 Å². The number of anilines is 1. The Bertz CT molecular complexity index is 641. The van der Waals surface area contributed by atoms with Gasteiger partial charge < -0.3 is 10.4 Å². The highest BCUT2D eigenvalue weighted by Crippen LogP contribution is 2.21. The molecule has 1 aromatic heterocycles. The van der Waals surface area contributed by atoms with Crippen molar-refractivity contribution in [2.45, 2.75) is 12.6 Å². The van der Waals surface area contributed by atoms with Gasteiger partial charge in [0.25, 0.3) is 0 Å². The van der Waals surface area contributed by atoms with Gasteiger partial charge in [0.15, 0.2) is 0 Å². The fourth-order valence-electron chi connectivity index (χ4n) is 1.77. The summed E-state index contributed by atoms with van der Waals surface area (Å²) in [5.41, 5.74) is 0.527. The smallest absolute Gasteiger partial charge is 0.390 e. The second kappa shape index (κ2) is 5.36. The molecule has 1 aromatic carbocycles. The number of nitrogens with zero attached hydrogens (tertiary/aromatic N) is 1. The number of halogens is 3. The van der Waals surface area contributed by atoms with Gasteiger partial charge >= 0.3 is 12.1 Å². The lowest BCUT2D eigenvalue weighted by Gasteiger charge is -2.09. The van der Waals surface area contributed by atoms with E-state index >= 15 is 0 Å². The standard InChI is InChI=1S/C13H11F3N2O2/c14-13(15,16)6-7-17-11-5-4-8-9(12(19)20)2-1-3-10(8)18-11/h1-5H,6-7H2,(H,17,18)(H,19,20). The first-order chi connectivity index (χ1) is 9.37. The minimum Gasteiger partial charge on any atom is -0.478 e. The molecule has 0 aliphatic heterocycles. The van der Waals surface area contributed by atoms with Gasteiger partial charge in [-0.3, -0.25) is 0 Å². The summed E-state index contributed by atoms with van der Waals surface area (Å²) in [5.74, 6) is -0.792. The molecule has 0 saturated heterocycles. The quantitative estimate of drug-likeness (QED) is 0.904. The van der Waals surface area contributed by atoms with Crippen molar-refractivity contribution in [3.8, 4) is 0 Å². The van der Waals surface area contributed by atoms with Crippen LogP contribution in [0.5, 0.6) is 0 Å². The van der Waals surface area contributed by atoms with Crippen molar-refractivity contribution < 1.29 is 23.1 Å². The van der Waals surface area contributed by atoms with E-state index in [1.54, 1.807) is 6.07 Å². The summed E-state index contributed by atoms with van der Waals surface area (Å²) in [6.07, 6.45) is -5.18. The summed E-state index contributed by atoms with van der Waals surface area (Å²) >= 11 is 0. The number of fused-ring (bicyclic) bond motifs is 1. The van der Waals surface area contributed by atoms with Gasteiger partial charge in [0.2, 0.25) is 0 Å². The molecule has 0 spiro atoms. The van der Waals surface area contributed by atoms with E-state index in [1.165, 1.54) is 24.3 Å². The van der Waals surface area contributed by atoms with E-state index in [0.717, 1.165) is 0 Å². The van der Waals surface area contributed by atoms with E-state index in [9.17, 15) is 18.0 Å². The van der Waals surface area contributed by atoms with Crippen molar-refractivity contribution in [3.63, 3.8) is 0 Å². The maximum Gasteiger partial charge on any atom is 0.390 e. The summed E-state index contributed by atoms with van der Waals surface area (Å²) in [6, 6.07) is 7.59. The van der Waals surface area contributed by atoms with Crippen molar-refractivity contribution in [3.05, 3.63) is 35.9 Å². The van der Waals surface area contributed by atoms with Crippen LogP contribution < -0.4 is 5.32 Å². The van der Waals surface area contributed by atoms with Crippen LogP contribution in [0.3, 0.4) is 0 Å². The Hall–Kier alpha value is -2.31. The monoisotopic (exact) mass is 284 g/mol. The van der Waals surface area contributed by atoms with Crippen LogP contribution in [0.4, 0.5) is 19.0 Å². The molecule has 0 amide bonds. The SMILES string of the molecule is O=C(O)c1cccc2nc(NCCC(F)(F)F)ccc12. The van der Waals surface area contributed by atoms with Crippen LogP contribution >= 0.6 is 0 Å². The number of nitrogens with one attached hydrogen (secondary N) is 1. The lowest BCUT2D eigenvalue weighted by atomic mass is 10.1. The Balaban J connectivity index is 2.20. The molecule has 2 rings (SSSR count). The molecule has 0 unspecified atom stereocenters. The fourth-order valence-corrected chi connectivity index (χ4v) is 1.77. The first-order valence-electron chi connectivity index (χ1n) is 5.80. The van der Waals surface area contributed by atoms with Crippen molar-refractivity contribution in [2.75, 3.05) is 11.9 Å². The van der Waals surface area contributed by atoms with Crippen LogP contribution in [0.15, 0.2) is 30.3 Å². The zero-order valence-corrected chi connectivity index (χ0v) is 10.2. The molecule has 0 radical (unpaired) electrons. The molecule has 0 saturated carbocycles. The first kappa shape index (κ1) is 14.1. The molecule has 0 bridgehead atoms. The second-order valence-corrected chi connectivity index (χ2v) is 4.17. The molecule has 20 heavy (non-hydrogen) atoms. The number of alkyl halides is 3. The molecule has 1 heterocycles. The summed E-state index contributed by atoms with van der Waals surface area (Å²) in [5, 5.41) is 12.0. The second-order valence-electron chi connectivity index (χ2n) is 4.17. The van der Waals surface area contributed by atoms with E-state index in [-0.39, 0.29) is 17.9 Å². The third-order valence-electron chi connectivity index (χ3n) is 2.68. The van der Waals surface area contributed by atoms with E-state index in [1.807, 2.05) is 0 Å². The van der Waals surface area contributed by atoms with Crippen molar-refractivity contribution in [1.82, 2.24) is 4.98 Å². The van der Waals surface area contributed by atoms with Gasteiger partial charge in [-0.05, 0) is 24.3 Å². The molecule has 106 valence electrons. The average molecular weight is 284 g/mol. The van der Waals surface area contributed by atoms with Crippen molar-refractivity contribution >= 4 is 22.7 Å². The molecular weight excluding hydrogens is 273 g/mol. The highest BCUT2D eigenvalue weighted by atomic mass is 19.4. The molecule has 0 aliphatic rings. The average Bonchev–Trinajstić information content (AvgIpc) is 2.36. The van der Waals surface area contributed by atoms with Gasteiger partial charge in [0.05, 0.1) is 17.5 Å². The molecule has 4 nitrogen and oxygen atoms in total. The van der Waals surface area contributed by atoms with Crippen LogP contribution in [0.2, 0.25) is 0 Å². The lowest BCUT2D eigenvalue weighted by molar-refractivity contribution is -0.131. The maximum atomic E-state index is 12.0. The minimum atomic E-state index is -4.22. The van der Waals surface area contributed by atoms with Gasteiger partial charge in [-0.1, -0.05) is 6.07 Å². The normalized spacial score (nSPS) is 11.6. The van der Waals surface area contributed by atoms with Crippen LogP contribution in [-0.2, 0) is 0 Å². The molecular formula is C13H11F3N2O2. The topological polar surface area (TPSA) is 62.2 Å². The Labute approximate surface area is 112 Å². The molecule has 0 fully saturated rings. The number of carbonyl (C=O) groups is 1. The highest BCUT2D eigenvalue weighted by Gasteiger charge is 2.26.